The zero-order chi connectivity index (χ0) is 23.0. The molecular formula is C22H24BClFN2O2S2. The van der Waals surface area contributed by atoms with Crippen LogP contribution in [0.3, 0.4) is 0 Å². The molecule has 2 N–H and O–H groups in total. The third-order valence-electron chi connectivity index (χ3n) is 4.08. The number of thiophene rings is 1. The number of rotatable bonds is 7. The molecule has 0 aliphatic heterocycles. The maximum absolute atomic E-state index is 14.0. The molecule has 1 aromatic heterocycles. The van der Waals surface area contributed by atoms with Crippen LogP contribution in [0, 0.1) is 5.82 Å². The van der Waals surface area contributed by atoms with Gasteiger partial charge in [0.05, 0.1) is 10.7 Å². The predicted molar refractivity (Wildman–Crippen MR) is 133 cm³/mol. The third kappa shape index (κ3) is 6.26. The quantitative estimate of drug-likeness (QED) is 0.281. The highest BCUT2D eigenvalue weighted by Crippen LogP contribution is 2.43. The molecule has 0 fully saturated rings. The molecule has 0 unspecified atom stereocenters. The van der Waals surface area contributed by atoms with Gasteiger partial charge in [-0.15, -0.1) is 11.3 Å². The van der Waals surface area contributed by atoms with Crippen molar-refractivity contribution in [3.63, 3.8) is 0 Å². The number of hydrogen-bond donors (Lipinski definition) is 2. The molecular weight excluding hydrogens is 454 g/mol. The van der Waals surface area contributed by atoms with Gasteiger partial charge in [0.25, 0.3) is 0 Å². The highest BCUT2D eigenvalue weighted by molar-refractivity contribution is 7.97. The van der Waals surface area contributed by atoms with E-state index in [1.807, 2.05) is 70.4 Å². The zero-order valence-electron chi connectivity index (χ0n) is 17.8. The molecule has 0 saturated carbocycles. The second kappa shape index (κ2) is 12.1. The minimum absolute atomic E-state index is 0.322. The average molecular weight is 478 g/mol. The van der Waals surface area contributed by atoms with Crippen LogP contribution in [-0.4, -0.2) is 31.9 Å². The smallest absolute Gasteiger partial charge is 0.348 e. The van der Waals surface area contributed by atoms with Crippen molar-refractivity contribution < 1.29 is 14.3 Å². The van der Waals surface area contributed by atoms with E-state index in [0.717, 1.165) is 34.2 Å². The van der Waals surface area contributed by atoms with Crippen LogP contribution >= 0.6 is 34.9 Å². The Morgan fingerprint density at radius 2 is 1.90 bits per heavy atom. The molecule has 3 rings (SSSR count). The summed E-state index contributed by atoms with van der Waals surface area (Å²) in [4.78, 5) is 14.4. The van der Waals surface area contributed by atoms with Gasteiger partial charge < -0.3 is 10.0 Å². The maximum Gasteiger partial charge on any atom is 0.348 e. The summed E-state index contributed by atoms with van der Waals surface area (Å²) >= 11 is 8.84. The van der Waals surface area contributed by atoms with Crippen LogP contribution in [0.4, 0.5) is 15.8 Å². The summed E-state index contributed by atoms with van der Waals surface area (Å²) in [6.45, 7) is 6.78. The number of para-hydroxylation sites is 1. The van der Waals surface area contributed by atoms with Crippen LogP contribution in [0.1, 0.15) is 16.6 Å². The van der Waals surface area contributed by atoms with E-state index in [-0.39, 0.29) is 4.88 Å². The first-order valence-electron chi connectivity index (χ1n) is 9.64. The second-order valence-electron chi connectivity index (χ2n) is 6.36. The fourth-order valence-electron chi connectivity index (χ4n) is 2.88. The predicted octanol–water partition coefficient (Wildman–Crippen LogP) is 7.08. The number of halogens is 2. The lowest BCUT2D eigenvalue weighted by Gasteiger charge is -2.26. The normalized spacial score (nSPS) is 10.3. The molecule has 0 amide bonds. The van der Waals surface area contributed by atoms with E-state index >= 15 is 0 Å². The van der Waals surface area contributed by atoms with Gasteiger partial charge in [0, 0.05) is 27.6 Å². The number of nitrogens with zero attached hydrogens (tertiary/aromatic N) is 1. The van der Waals surface area contributed by atoms with Gasteiger partial charge in [0.1, 0.15) is 18.0 Å². The summed E-state index contributed by atoms with van der Waals surface area (Å²) in [5.74, 6) is -2.04. The first kappa shape index (κ1) is 25.3. The molecule has 0 saturated heterocycles. The van der Waals surface area contributed by atoms with Gasteiger partial charge in [-0.2, -0.15) is 0 Å². The number of nitrogens with one attached hydrogen (secondary N) is 1. The number of aromatic carboxylic acids is 1. The average Bonchev–Trinajstić information content (AvgIpc) is 3.13. The standard InChI is InChI=1S/C20H18ClFN2O2S2.C2H6B/c1-3-24(12-7-5-4-6-8-12)16-10-14(21)13(9-18(16)28-23-2)17-11-15(22)19(27-17)20(25)26;1-3-2/h4-11,23H,3H2,1-2H3,(H,25,26);1-2H3. The van der Waals surface area contributed by atoms with Crippen molar-refractivity contribution in [2.45, 2.75) is 25.5 Å². The van der Waals surface area contributed by atoms with Gasteiger partial charge in [-0.3, -0.25) is 4.72 Å². The van der Waals surface area contributed by atoms with Crippen molar-refractivity contribution >= 4 is 59.5 Å². The molecule has 0 atom stereocenters. The molecule has 3 aromatic rings. The van der Waals surface area contributed by atoms with E-state index in [4.69, 9.17) is 16.7 Å². The number of carboxylic acids is 1. The molecule has 1 heterocycles. The fourth-order valence-corrected chi connectivity index (χ4v) is 4.77. The Balaban J connectivity index is 0.00000107. The Kier molecular flexibility index (Phi) is 9.90. The molecule has 1 radical (unpaired) electrons. The van der Waals surface area contributed by atoms with Crippen molar-refractivity contribution in [2.24, 2.45) is 0 Å². The van der Waals surface area contributed by atoms with Gasteiger partial charge in [-0.1, -0.05) is 43.4 Å². The molecule has 0 aliphatic carbocycles. The SMILES string of the molecule is CCN(c1ccccc1)c1cc(Cl)c(-c2cc(F)c(C(=O)O)s2)cc1SNC.C[B]C. The zero-order valence-corrected chi connectivity index (χ0v) is 20.2. The van der Waals surface area contributed by atoms with E-state index in [0.29, 0.717) is 15.5 Å². The van der Waals surface area contributed by atoms with Crippen LogP contribution in [0.25, 0.3) is 10.4 Å². The number of anilines is 2. The minimum atomic E-state index is -1.28. The van der Waals surface area contributed by atoms with E-state index in [1.165, 1.54) is 18.0 Å². The highest BCUT2D eigenvalue weighted by atomic mass is 35.5. The van der Waals surface area contributed by atoms with Crippen LogP contribution in [0.2, 0.25) is 18.7 Å². The lowest BCUT2D eigenvalue weighted by molar-refractivity contribution is 0.0697. The summed E-state index contributed by atoms with van der Waals surface area (Å²) in [5.41, 5.74) is 2.54. The third-order valence-corrected chi connectivity index (χ3v) is 6.28. The van der Waals surface area contributed by atoms with E-state index in [1.54, 1.807) is 0 Å². The van der Waals surface area contributed by atoms with Gasteiger partial charge >= 0.3 is 5.97 Å². The largest absolute Gasteiger partial charge is 0.477 e. The maximum atomic E-state index is 14.0. The Hall–Kier alpha value is -2.00. The molecule has 0 aliphatic rings. The number of benzene rings is 2. The van der Waals surface area contributed by atoms with Crippen LogP contribution in [-0.2, 0) is 0 Å². The second-order valence-corrected chi connectivity index (χ2v) is 8.87. The van der Waals surface area contributed by atoms with E-state index in [2.05, 4.69) is 16.5 Å². The fraction of sp³-hybridized carbons (Fsp3) is 0.227. The topological polar surface area (TPSA) is 52.6 Å². The lowest BCUT2D eigenvalue weighted by atomic mass is 9.88. The van der Waals surface area contributed by atoms with E-state index < -0.39 is 11.8 Å². The molecule has 2 aromatic carbocycles. The van der Waals surface area contributed by atoms with Crippen LogP contribution in [0.15, 0.2) is 53.4 Å². The first-order valence-corrected chi connectivity index (χ1v) is 11.7. The summed E-state index contributed by atoms with van der Waals surface area (Å²) in [6.07, 6.45) is 0. The van der Waals surface area contributed by atoms with Crippen molar-refractivity contribution in [3.8, 4) is 10.4 Å². The Labute approximate surface area is 196 Å². The van der Waals surface area contributed by atoms with E-state index in [9.17, 15) is 9.18 Å². The number of carbonyl (C=O) groups is 1. The summed E-state index contributed by atoms with van der Waals surface area (Å²) in [6, 6.07) is 14.9. The van der Waals surface area contributed by atoms with Gasteiger partial charge in [-0.05, 0) is 56.3 Å². The molecule has 0 bridgehead atoms. The first-order chi connectivity index (χ1) is 14.9. The van der Waals surface area contributed by atoms with Crippen molar-refractivity contribution in [3.05, 3.63) is 64.2 Å². The van der Waals surface area contributed by atoms with Crippen LogP contribution in [0.5, 0.6) is 0 Å². The highest BCUT2D eigenvalue weighted by Gasteiger charge is 2.21. The van der Waals surface area contributed by atoms with Gasteiger partial charge in [-0.25, -0.2) is 9.18 Å². The number of carboxylic acid groups (broad SMARTS) is 1. The van der Waals surface area contributed by atoms with Crippen molar-refractivity contribution in [2.75, 3.05) is 18.5 Å². The monoisotopic (exact) mass is 477 g/mol. The number of hydrogen-bond acceptors (Lipinski definition) is 5. The van der Waals surface area contributed by atoms with Gasteiger partial charge in [0.15, 0.2) is 0 Å². The van der Waals surface area contributed by atoms with Gasteiger partial charge in [0.2, 0.25) is 0 Å². The summed E-state index contributed by atoms with van der Waals surface area (Å²) in [5, 5.41) is 9.56. The lowest BCUT2D eigenvalue weighted by Crippen LogP contribution is -2.17. The molecule has 31 heavy (non-hydrogen) atoms. The molecule has 163 valence electrons. The molecule has 0 spiro atoms. The summed E-state index contributed by atoms with van der Waals surface area (Å²) < 4.78 is 17.0. The Morgan fingerprint density at radius 1 is 1.26 bits per heavy atom. The summed E-state index contributed by atoms with van der Waals surface area (Å²) in [7, 11) is 3.81. The van der Waals surface area contributed by atoms with Crippen LogP contribution < -0.4 is 9.62 Å². The Morgan fingerprint density at radius 3 is 2.42 bits per heavy atom. The molecule has 9 heteroatoms. The Bertz CT molecular complexity index is 1020. The molecule has 4 nitrogen and oxygen atoms in total. The minimum Gasteiger partial charge on any atom is -0.477 e. The van der Waals surface area contributed by atoms with Crippen molar-refractivity contribution in [1.82, 2.24) is 4.72 Å². The van der Waals surface area contributed by atoms with Crippen molar-refractivity contribution in [1.29, 1.82) is 0 Å².